The van der Waals surface area contributed by atoms with E-state index in [4.69, 9.17) is 17.0 Å². The summed E-state index contributed by atoms with van der Waals surface area (Å²) in [4.78, 5) is 26.5. The lowest BCUT2D eigenvalue weighted by molar-refractivity contribution is -0.121. The molecule has 0 radical (unpaired) electrons. The predicted molar refractivity (Wildman–Crippen MR) is 114 cm³/mol. The summed E-state index contributed by atoms with van der Waals surface area (Å²) in [5.41, 5.74) is 3.55. The minimum Gasteiger partial charge on any atom is -0.497 e. The normalized spacial score (nSPS) is 20.3. The lowest BCUT2D eigenvalue weighted by Gasteiger charge is -2.33. The Morgan fingerprint density at radius 2 is 2.10 bits per heavy atom. The highest BCUT2D eigenvalue weighted by atomic mass is 32.1. The van der Waals surface area contributed by atoms with Gasteiger partial charge in [-0.25, -0.2) is 15.0 Å². The summed E-state index contributed by atoms with van der Waals surface area (Å²) in [7, 11) is 1.60. The van der Waals surface area contributed by atoms with Crippen molar-refractivity contribution in [1.82, 2.24) is 15.3 Å². The number of benzene rings is 1. The van der Waals surface area contributed by atoms with Crippen LogP contribution in [0.3, 0.4) is 0 Å². The van der Waals surface area contributed by atoms with Gasteiger partial charge in [0.15, 0.2) is 16.3 Å². The lowest BCUT2D eigenvalue weighted by atomic mass is 9.83. The number of carbonyl (C=O) groups is 1. The maximum atomic E-state index is 13.1. The molecule has 2 aliphatic heterocycles. The topological polar surface area (TPSA) is 88.5 Å². The zero-order chi connectivity index (χ0) is 20.2. The molecule has 0 saturated carbocycles. The first-order valence-electron chi connectivity index (χ1n) is 9.12. The van der Waals surface area contributed by atoms with Crippen LogP contribution in [0.15, 0.2) is 47.6 Å². The summed E-state index contributed by atoms with van der Waals surface area (Å²) in [6, 6.07) is 11.3. The third-order valence-corrected chi connectivity index (χ3v) is 5.60. The number of anilines is 1. The van der Waals surface area contributed by atoms with E-state index in [9.17, 15) is 4.79 Å². The van der Waals surface area contributed by atoms with E-state index in [1.807, 2.05) is 43.3 Å². The SMILES string of the molecule is COc1ccc2c(c1)C1(CC(c3cc4cccnc4nc3C)=NC(=S)N1)C(=O)N2. The average molecular weight is 403 g/mol. The van der Waals surface area contributed by atoms with Gasteiger partial charge in [0.25, 0.3) is 5.91 Å². The first kappa shape index (κ1) is 17.7. The number of nitrogens with zero attached hydrogens (tertiary/aromatic N) is 3. The van der Waals surface area contributed by atoms with Crippen molar-refractivity contribution in [1.29, 1.82) is 0 Å². The van der Waals surface area contributed by atoms with Crippen LogP contribution in [0.2, 0.25) is 0 Å². The van der Waals surface area contributed by atoms with E-state index in [0.29, 0.717) is 17.8 Å². The highest BCUT2D eigenvalue weighted by Crippen LogP contribution is 2.42. The van der Waals surface area contributed by atoms with Crippen LogP contribution in [-0.2, 0) is 10.3 Å². The van der Waals surface area contributed by atoms with Gasteiger partial charge in [-0.1, -0.05) is 0 Å². The molecule has 2 N–H and O–H groups in total. The molecule has 1 unspecified atom stereocenters. The van der Waals surface area contributed by atoms with Gasteiger partial charge in [0.1, 0.15) is 5.75 Å². The van der Waals surface area contributed by atoms with Crippen LogP contribution in [0.1, 0.15) is 23.2 Å². The first-order chi connectivity index (χ1) is 14.0. The fourth-order valence-corrected chi connectivity index (χ4v) is 4.26. The molecule has 0 bridgehead atoms. The molecular weight excluding hydrogens is 386 g/mol. The Bertz CT molecular complexity index is 1240. The van der Waals surface area contributed by atoms with Crippen LogP contribution in [0.25, 0.3) is 11.0 Å². The first-order valence-corrected chi connectivity index (χ1v) is 9.53. The van der Waals surface area contributed by atoms with Gasteiger partial charge in [-0.15, -0.1) is 0 Å². The van der Waals surface area contributed by atoms with Crippen LogP contribution >= 0.6 is 12.2 Å². The van der Waals surface area contributed by atoms with Gasteiger partial charge >= 0.3 is 0 Å². The van der Waals surface area contributed by atoms with Crippen LogP contribution in [-0.4, -0.2) is 33.8 Å². The number of aryl methyl sites for hydroxylation is 1. The van der Waals surface area contributed by atoms with Crippen LogP contribution < -0.4 is 15.4 Å². The van der Waals surface area contributed by atoms with Crippen molar-refractivity contribution in [3.8, 4) is 5.75 Å². The van der Waals surface area contributed by atoms with Gasteiger partial charge in [-0.3, -0.25) is 4.79 Å². The lowest BCUT2D eigenvalue weighted by Crippen LogP contribution is -2.54. The molecule has 3 aromatic rings. The summed E-state index contributed by atoms with van der Waals surface area (Å²) >= 11 is 5.43. The Hall–Kier alpha value is -3.39. The smallest absolute Gasteiger partial charge is 0.255 e. The van der Waals surface area contributed by atoms with Gasteiger partial charge < -0.3 is 15.4 Å². The molecule has 8 heteroatoms. The van der Waals surface area contributed by atoms with E-state index >= 15 is 0 Å². The van der Waals surface area contributed by atoms with Crippen LogP contribution in [0.4, 0.5) is 5.69 Å². The van der Waals surface area contributed by atoms with Crippen molar-refractivity contribution in [3.05, 3.63) is 59.4 Å². The number of aliphatic imine (C=N–C) groups is 1. The van der Waals surface area contributed by atoms with E-state index in [0.717, 1.165) is 33.6 Å². The molecule has 0 aliphatic carbocycles. The average Bonchev–Trinajstić information content (AvgIpc) is 2.97. The molecule has 1 spiro atoms. The second kappa shape index (κ2) is 6.31. The van der Waals surface area contributed by atoms with E-state index in [-0.39, 0.29) is 11.0 Å². The third-order valence-electron chi connectivity index (χ3n) is 5.40. The molecule has 0 fully saturated rings. The molecule has 0 saturated heterocycles. The number of methoxy groups -OCH3 is 1. The fraction of sp³-hybridized carbons (Fsp3) is 0.190. The minimum atomic E-state index is -1.03. The number of thiocarbonyl (C=S) groups is 1. The number of aromatic nitrogens is 2. The quantitative estimate of drug-likeness (QED) is 0.640. The summed E-state index contributed by atoms with van der Waals surface area (Å²) < 4.78 is 5.37. The molecule has 1 aromatic carbocycles. The van der Waals surface area contributed by atoms with Crippen molar-refractivity contribution in [2.75, 3.05) is 12.4 Å². The van der Waals surface area contributed by atoms with Crippen molar-refractivity contribution in [2.24, 2.45) is 4.99 Å². The van der Waals surface area contributed by atoms with Crippen molar-refractivity contribution in [2.45, 2.75) is 18.9 Å². The number of pyridine rings is 2. The third kappa shape index (κ3) is 2.67. The Morgan fingerprint density at radius 1 is 1.24 bits per heavy atom. The van der Waals surface area contributed by atoms with Crippen molar-refractivity contribution in [3.63, 3.8) is 0 Å². The monoisotopic (exact) mass is 403 g/mol. The number of carbonyl (C=O) groups excluding carboxylic acids is 1. The number of hydrogen-bond acceptors (Lipinski definition) is 5. The maximum Gasteiger partial charge on any atom is 0.255 e. The summed E-state index contributed by atoms with van der Waals surface area (Å²) in [6.07, 6.45) is 2.06. The molecule has 4 heterocycles. The second-order valence-electron chi connectivity index (χ2n) is 7.11. The summed E-state index contributed by atoms with van der Waals surface area (Å²) in [5.74, 6) is 0.509. The number of rotatable bonds is 2. The van der Waals surface area contributed by atoms with Crippen LogP contribution in [0.5, 0.6) is 5.75 Å². The van der Waals surface area contributed by atoms with Crippen LogP contribution in [0, 0.1) is 6.92 Å². The summed E-state index contributed by atoms with van der Waals surface area (Å²) in [5, 5.41) is 7.27. The molecule has 1 amide bonds. The molecule has 7 nitrogen and oxygen atoms in total. The van der Waals surface area contributed by atoms with E-state index < -0.39 is 5.54 Å². The largest absolute Gasteiger partial charge is 0.497 e. The van der Waals surface area contributed by atoms with Gasteiger partial charge in [0.2, 0.25) is 0 Å². The highest BCUT2D eigenvalue weighted by Gasteiger charge is 2.50. The Morgan fingerprint density at radius 3 is 2.93 bits per heavy atom. The molecule has 1 atom stereocenters. The Kier molecular flexibility index (Phi) is 3.85. The van der Waals surface area contributed by atoms with Gasteiger partial charge in [0, 0.05) is 40.5 Å². The number of nitrogens with one attached hydrogen (secondary N) is 2. The van der Waals surface area contributed by atoms with E-state index in [2.05, 4.69) is 25.6 Å². The number of fused-ring (bicyclic) bond motifs is 3. The Balaban J connectivity index is 1.65. The predicted octanol–water partition coefficient (Wildman–Crippen LogP) is 2.86. The molecule has 2 aliphatic rings. The minimum absolute atomic E-state index is 0.163. The zero-order valence-corrected chi connectivity index (χ0v) is 16.6. The van der Waals surface area contributed by atoms with E-state index in [1.165, 1.54) is 0 Å². The molecule has 5 rings (SSSR count). The Labute approximate surface area is 172 Å². The van der Waals surface area contributed by atoms with Gasteiger partial charge in [-0.2, -0.15) is 0 Å². The van der Waals surface area contributed by atoms with E-state index in [1.54, 1.807) is 13.3 Å². The highest BCUT2D eigenvalue weighted by molar-refractivity contribution is 7.80. The fourth-order valence-electron chi connectivity index (χ4n) is 3.97. The number of amides is 1. The molecule has 2 aromatic heterocycles. The molecule has 29 heavy (non-hydrogen) atoms. The standard InChI is InChI=1S/C21H17N5O2S/c1-11-14(8-12-4-3-7-22-18(12)23-11)17-10-21(26-20(29)25-17)15-9-13(28-2)5-6-16(15)24-19(21)27/h3-9H,10H2,1-2H3,(H,24,27)(H,26,29). The zero-order valence-electron chi connectivity index (χ0n) is 15.8. The molecular formula is C21H17N5O2S. The summed E-state index contributed by atoms with van der Waals surface area (Å²) in [6.45, 7) is 1.91. The maximum absolute atomic E-state index is 13.1. The molecule has 144 valence electrons. The second-order valence-corrected chi connectivity index (χ2v) is 7.49. The van der Waals surface area contributed by atoms with Gasteiger partial charge in [-0.05, 0) is 55.5 Å². The van der Waals surface area contributed by atoms with Crippen molar-refractivity contribution >= 4 is 45.7 Å². The van der Waals surface area contributed by atoms with Crippen molar-refractivity contribution < 1.29 is 9.53 Å². The van der Waals surface area contributed by atoms with Gasteiger partial charge in [0.05, 0.1) is 12.8 Å². The number of hydrogen-bond donors (Lipinski definition) is 2. The number of ether oxygens (including phenoxy) is 1.